The van der Waals surface area contributed by atoms with Gasteiger partial charge in [0.2, 0.25) is 0 Å². The molecule has 0 amide bonds. The lowest BCUT2D eigenvalue weighted by molar-refractivity contribution is 0.518. The summed E-state index contributed by atoms with van der Waals surface area (Å²) in [7, 11) is 0. The van der Waals surface area contributed by atoms with Crippen molar-refractivity contribution in [2.45, 2.75) is 6.54 Å². The number of hydrogen-bond acceptors (Lipinski definition) is 3. The van der Waals surface area contributed by atoms with E-state index in [1.807, 2.05) is 18.2 Å². The molecule has 0 spiro atoms. The number of pyridine rings is 1. The Bertz CT molecular complexity index is 383. The predicted octanol–water partition coefficient (Wildman–Crippen LogP) is 2.94. The van der Waals surface area contributed by atoms with Gasteiger partial charge in [0.1, 0.15) is 11.6 Å². The summed E-state index contributed by atoms with van der Waals surface area (Å²) in [6.45, 7) is 0.627. The van der Waals surface area contributed by atoms with Gasteiger partial charge in [0.05, 0.1) is 17.8 Å². The molecule has 0 radical (unpaired) electrons. The molecular formula is C10H9ClN2O. The number of hydrogen-bond donors (Lipinski definition) is 1. The number of nitrogens with zero attached hydrogens (tertiary/aromatic N) is 1. The third-order valence-corrected chi connectivity index (χ3v) is 1.97. The third-order valence-electron chi connectivity index (χ3n) is 1.75. The third kappa shape index (κ3) is 2.26. The largest absolute Gasteiger partial charge is 0.467 e. The Morgan fingerprint density at radius 2 is 2.29 bits per heavy atom. The summed E-state index contributed by atoms with van der Waals surface area (Å²) in [6, 6.07) is 7.37. The van der Waals surface area contributed by atoms with E-state index < -0.39 is 0 Å². The summed E-state index contributed by atoms with van der Waals surface area (Å²) in [5.41, 5.74) is 0. The van der Waals surface area contributed by atoms with E-state index in [0.717, 1.165) is 11.6 Å². The minimum atomic E-state index is 0.627. The first-order valence-electron chi connectivity index (χ1n) is 4.22. The van der Waals surface area contributed by atoms with Gasteiger partial charge in [-0.05, 0) is 24.3 Å². The van der Waals surface area contributed by atoms with E-state index in [-0.39, 0.29) is 0 Å². The first kappa shape index (κ1) is 9.09. The second-order valence-corrected chi connectivity index (χ2v) is 3.23. The van der Waals surface area contributed by atoms with Gasteiger partial charge in [-0.1, -0.05) is 11.6 Å². The summed E-state index contributed by atoms with van der Waals surface area (Å²) in [5, 5.41) is 3.74. The number of anilines is 1. The average molecular weight is 209 g/mol. The van der Waals surface area contributed by atoms with Crippen LogP contribution in [0.1, 0.15) is 5.76 Å². The van der Waals surface area contributed by atoms with E-state index in [9.17, 15) is 0 Å². The maximum absolute atomic E-state index is 5.70. The van der Waals surface area contributed by atoms with Crippen molar-refractivity contribution < 1.29 is 4.42 Å². The van der Waals surface area contributed by atoms with Gasteiger partial charge in [0.15, 0.2) is 0 Å². The van der Waals surface area contributed by atoms with E-state index in [1.54, 1.807) is 18.5 Å². The number of aromatic nitrogens is 1. The van der Waals surface area contributed by atoms with Gasteiger partial charge in [-0.3, -0.25) is 0 Å². The first-order valence-corrected chi connectivity index (χ1v) is 4.60. The summed E-state index contributed by atoms with van der Waals surface area (Å²) in [4.78, 5) is 4.09. The maximum atomic E-state index is 5.70. The van der Waals surface area contributed by atoms with Crippen molar-refractivity contribution in [2.75, 3.05) is 5.32 Å². The molecule has 2 rings (SSSR count). The van der Waals surface area contributed by atoms with Gasteiger partial charge in [0, 0.05) is 6.20 Å². The second-order valence-electron chi connectivity index (χ2n) is 2.79. The Labute approximate surface area is 86.7 Å². The highest BCUT2D eigenvalue weighted by Crippen LogP contribution is 2.10. The molecule has 2 aromatic heterocycles. The molecule has 0 atom stereocenters. The van der Waals surface area contributed by atoms with Gasteiger partial charge in [0.25, 0.3) is 0 Å². The molecule has 4 heteroatoms. The van der Waals surface area contributed by atoms with Crippen molar-refractivity contribution in [3.63, 3.8) is 0 Å². The van der Waals surface area contributed by atoms with Crippen LogP contribution in [0.25, 0.3) is 0 Å². The van der Waals surface area contributed by atoms with Crippen molar-refractivity contribution in [1.29, 1.82) is 0 Å². The van der Waals surface area contributed by atoms with Crippen LogP contribution in [-0.4, -0.2) is 4.98 Å². The molecule has 72 valence electrons. The Morgan fingerprint density at radius 3 is 2.93 bits per heavy atom. The zero-order chi connectivity index (χ0) is 9.80. The Kier molecular flexibility index (Phi) is 2.70. The van der Waals surface area contributed by atoms with Crippen LogP contribution in [0, 0.1) is 0 Å². The van der Waals surface area contributed by atoms with Crippen molar-refractivity contribution >= 4 is 17.4 Å². The molecular weight excluding hydrogens is 200 g/mol. The molecule has 0 aromatic carbocycles. The molecule has 0 bridgehead atoms. The van der Waals surface area contributed by atoms with Crippen molar-refractivity contribution in [3.8, 4) is 0 Å². The van der Waals surface area contributed by atoms with Crippen LogP contribution in [0.2, 0.25) is 5.02 Å². The SMILES string of the molecule is Clc1ccc(NCc2ccco2)nc1. The fourth-order valence-electron chi connectivity index (χ4n) is 1.07. The monoisotopic (exact) mass is 208 g/mol. The van der Waals surface area contributed by atoms with Gasteiger partial charge in [-0.15, -0.1) is 0 Å². The van der Waals surface area contributed by atoms with E-state index >= 15 is 0 Å². The number of furan rings is 1. The zero-order valence-corrected chi connectivity index (χ0v) is 8.16. The summed E-state index contributed by atoms with van der Waals surface area (Å²) in [6.07, 6.45) is 3.25. The molecule has 0 fully saturated rings. The molecule has 0 aliphatic carbocycles. The van der Waals surface area contributed by atoms with E-state index in [2.05, 4.69) is 10.3 Å². The lowest BCUT2D eigenvalue weighted by Crippen LogP contribution is -1.99. The van der Waals surface area contributed by atoms with Crippen LogP contribution in [0.4, 0.5) is 5.82 Å². The molecule has 2 aromatic rings. The van der Waals surface area contributed by atoms with Crippen LogP contribution < -0.4 is 5.32 Å². The van der Waals surface area contributed by atoms with E-state index in [4.69, 9.17) is 16.0 Å². The van der Waals surface area contributed by atoms with E-state index in [0.29, 0.717) is 11.6 Å². The van der Waals surface area contributed by atoms with Crippen molar-refractivity contribution in [2.24, 2.45) is 0 Å². The molecule has 14 heavy (non-hydrogen) atoms. The second kappa shape index (κ2) is 4.15. The van der Waals surface area contributed by atoms with Crippen molar-refractivity contribution in [1.82, 2.24) is 4.98 Å². The lowest BCUT2D eigenvalue weighted by atomic mass is 10.4. The first-order chi connectivity index (χ1) is 6.84. The zero-order valence-electron chi connectivity index (χ0n) is 7.40. The average Bonchev–Trinajstić information content (AvgIpc) is 2.70. The van der Waals surface area contributed by atoms with Gasteiger partial charge >= 0.3 is 0 Å². The molecule has 0 saturated carbocycles. The molecule has 0 unspecified atom stereocenters. The molecule has 0 aliphatic heterocycles. The topological polar surface area (TPSA) is 38.1 Å². The quantitative estimate of drug-likeness (QED) is 0.843. The van der Waals surface area contributed by atoms with Gasteiger partial charge in [-0.25, -0.2) is 4.98 Å². The van der Waals surface area contributed by atoms with Gasteiger partial charge in [-0.2, -0.15) is 0 Å². The highest BCUT2D eigenvalue weighted by Gasteiger charge is 1.96. The highest BCUT2D eigenvalue weighted by atomic mass is 35.5. The molecule has 1 N–H and O–H groups in total. The number of nitrogens with one attached hydrogen (secondary N) is 1. The van der Waals surface area contributed by atoms with Gasteiger partial charge < -0.3 is 9.73 Å². The Hall–Kier alpha value is -1.48. The summed E-state index contributed by atoms with van der Waals surface area (Å²) >= 11 is 5.70. The van der Waals surface area contributed by atoms with Crippen molar-refractivity contribution in [3.05, 3.63) is 47.5 Å². The normalized spacial score (nSPS) is 10.1. The lowest BCUT2D eigenvalue weighted by Gasteiger charge is -2.02. The van der Waals surface area contributed by atoms with E-state index in [1.165, 1.54) is 0 Å². The molecule has 2 heterocycles. The standard InChI is InChI=1S/C10H9ClN2O/c11-8-3-4-10(12-6-8)13-7-9-2-1-5-14-9/h1-6H,7H2,(H,12,13). The maximum Gasteiger partial charge on any atom is 0.126 e. The Morgan fingerprint density at radius 1 is 1.36 bits per heavy atom. The minimum Gasteiger partial charge on any atom is -0.467 e. The predicted molar refractivity (Wildman–Crippen MR) is 55.3 cm³/mol. The highest BCUT2D eigenvalue weighted by molar-refractivity contribution is 6.30. The fourth-order valence-corrected chi connectivity index (χ4v) is 1.18. The Balaban J connectivity index is 1.95. The van der Waals surface area contributed by atoms with Crippen LogP contribution in [0.15, 0.2) is 41.1 Å². The van der Waals surface area contributed by atoms with Crippen LogP contribution in [0.5, 0.6) is 0 Å². The number of halogens is 1. The van der Waals surface area contributed by atoms with Crippen LogP contribution in [0.3, 0.4) is 0 Å². The van der Waals surface area contributed by atoms with Crippen LogP contribution >= 0.6 is 11.6 Å². The summed E-state index contributed by atoms with van der Waals surface area (Å²) < 4.78 is 5.16. The fraction of sp³-hybridized carbons (Fsp3) is 0.100. The molecule has 0 saturated heterocycles. The summed E-state index contributed by atoms with van der Waals surface area (Å²) in [5.74, 6) is 1.66. The molecule has 3 nitrogen and oxygen atoms in total. The van der Waals surface area contributed by atoms with Crippen LogP contribution in [-0.2, 0) is 6.54 Å². The minimum absolute atomic E-state index is 0.627. The molecule has 0 aliphatic rings. The smallest absolute Gasteiger partial charge is 0.126 e. The number of rotatable bonds is 3.